The Hall–Kier alpha value is -0.393. The van der Waals surface area contributed by atoms with Crippen molar-refractivity contribution in [2.24, 2.45) is 5.92 Å². The van der Waals surface area contributed by atoms with Crippen LogP contribution in [0, 0.1) is 5.92 Å². The van der Waals surface area contributed by atoms with Crippen LogP contribution in [-0.4, -0.2) is 26.1 Å². The molecule has 0 aliphatic carbocycles. The lowest BCUT2D eigenvalue weighted by Crippen LogP contribution is -2.24. The van der Waals surface area contributed by atoms with Crippen LogP contribution in [-0.2, 0) is 6.54 Å². The van der Waals surface area contributed by atoms with Crippen molar-refractivity contribution in [2.75, 3.05) is 13.1 Å². The van der Waals surface area contributed by atoms with Crippen LogP contribution in [0.15, 0.2) is 51.3 Å². The van der Waals surface area contributed by atoms with E-state index >= 15 is 0 Å². The van der Waals surface area contributed by atoms with E-state index < -0.39 is 8.07 Å². The van der Waals surface area contributed by atoms with Crippen molar-refractivity contribution in [2.45, 2.75) is 39.5 Å². The maximum atomic E-state index is 2.64. The highest BCUT2D eigenvalue weighted by Gasteiger charge is 2.31. The van der Waals surface area contributed by atoms with E-state index in [1.165, 1.54) is 5.56 Å². The van der Waals surface area contributed by atoms with Gasteiger partial charge in [-0.15, -0.1) is 0 Å². The summed E-state index contributed by atoms with van der Waals surface area (Å²) in [4.78, 5) is 2.61. The summed E-state index contributed by atoms with van der Waals surface area (Å²) in [6.45, 7) is 13.0. The number of halogens is 1. The molecule has 22 heavy (non-hydrogen) atoms. The van der Waals surface area contributed by atoms with Crippen molar-refractivity contribution in [3.63, 3.8) is 0 Å². The molecule has 120 valence electrons. The van der Waals surface area contributed by atoms with Crippen molar-refractivity contribution in [3.8, 4) is 0 Å². The van der Waals surface area contributed by atoms with Crippen molar-refractivity contribution in [3.05, 3.63) is 56.8 Å². The number of allylic oxidation sites excluding steroid dienone is 1. The minimum absolute atomic E-state index is 0.613. The molecule has 0 aromatic heterocycles. The Balaban J connectivity index is 2.20. The van der Waals surface area contributed by atoms with Crippen molar-refractivity contribution >= 4 is 30.7 Å². The second-order valence-electron chi connectivity index (χ2n) is 7.19. The van der Waals surface area contributed by atoms with Gasteiger partial charge in [0.2, 0.25) is 0 Å². The molecule has 1 aromatic rings. The maximum Gasteiger partial charge on any atom is 0.0854 e. The molecule has 0 spiro atoms. The predicted molar refractivity (Wildman–Crippen MR) is 109 cm³/mol. The fourth-order valence-electron chi connectivity index (χ4n) is 2.96. The SMILES string of the molecule is CC/C=C\[C@@H]1CN(Cc2ccccc2)C/C1=C(\I)[Si](C)(C)C. The van der Waals surface area contributed by atoms with Gasteiger partial charge in [0, 0.05) is 25.6 Å². The molecule has 0 radical (unpaired) electrons. The topological polar surface area (TPSA) is 3.24 Å². The fourth-order valence-corrected chi connectivity index (χ4v) is 4.76. The zero-order chi connectivity index (χ0) is 16.2. The number of hydrogen-bond acceptors (Lipinski definition) is 1. The van der Waals surface area contributed by atoms with E-state index in [0.29, 0.717) is 5.92 Å². The quantitative estimate of drug-likeness (QED) is 0.335. The third kappa shape index (κ3) is 4.80. The molecular weight excluding hydrogens is 397 g/mol. The molecule has 1 fully saturated rings. The fraction of sp³-hybridized carbons (Fsp3) is 0.474. The van der Waals surface area contributed by atoms with Crippen LogP contribution in [0.3, 0.4) is 0 Å². The van der Waals surface area contributed by atoms with E-state index in [9.17, 15) is 0 Å². The Bertz CT molecular complexity index is 542. The Labute approximate surface area is 150 Å². The average molecular weight is 425 g/mol. The van der Waals surface area contributed by atoms with Crippen molar-refractivity contribution < 1.29 is 0 Å². The lowest BCUT2D eigenvalue weighted by molar-refractivity contribution is 0.327. The predicted octanol–water partition coefficient (Wildman–Crippen LogP) is 5.65. The van der Waals surface area contributed by atoms with E-state index in [1.807, 2.05) is 0 Å². The minimum Gasteiger partial charge on any atom is -0.294 e. The molecule has 0 bridgehead atoms. The first-order valence-corrected chi connectivity index (χ1v) is 12.8. The number of rotatable bonds is 5. The standard InChI is InChI=1S/C19H28INSi/c1-5-6-12-17-14-21(13-16-10-8-7-9-11-16)15-18(17)19(20)22(2,3)4/h6-12,17H,5,13-15H2,1-4H3/b12-6-,19-18-/t17-/m1/s1. The van der Waals surface area contributed by atoms with E-state index in [1.54, 1.807) is 8.78 Å². The molecule has 0 N–H and O–H groups in total. The van der Waals surface area contributed by atoms with Crippen LogP contribution < -0.4 is 0 Å². The summed E-state index contributed by atoms with van der Waals surface area (Å²) in [7, 11) is -1.22. The molecule has 0 saturated carbocycles. The van der Waals surface area contributed by atoms with E-state index in [0.717, 1.165) is 26.1 Å². The van der Waals surface area contributed by atoms with Gasteiger partial charge in [-0.2, -0.15) is 0 Å². The van der Waals surface area contributed by atoms with Crippen LogP contribution in [0.5, 0.6) is 0 Å². The Morgan fingerprint density at radius 2 is 1.95 bits per heavy atom. The lowest BCUT2D eigenvalue weighted by Gasteiger charge is -2.20. The number of benzene rings is 1. The van der Waals surface area contributed by atoms with Crippen LogP contribution in [0.4, 0.5) is 0 Å². The highest BCUT2D eigenvalue weighted by atomic mass is 127. The summed E-state index contributed by atoms with van der Waals surface area (Å²) >= 11 is 2.64. The molecule has 2 rings (SSSR count). The molecule has 3 heteroatoms. The second kappa shape index (κ2) is 7.93. The van der Waals surface area contributed by atoms with Gasteiger partial charge in [-0.3, -0.25) is 4.90 Å². The van der Waals surface area contributed by atoms with Gasteiger partial charge in [0.1, 0.15) is 0 Å². The molecule has 1 atom stereocenters. The largest absolute Gasteiger partial charge is 0.294 e. The molecule has 1 aliphatic rings. The van der Waals surface area contributed by atoms with Crippen LogP contribution >= 0.6 is 22.6 Å². The van der Waals surface area contributed by atoms with Crippen LogP contribution in [0.2, 0.25) is 19.6 Å². The Morgan fingerprint density at radius 3 is 2.55 bits per heavy atom. The highest BCUT2D eigenvalue weighted by Crippen LogP contribution is 2.35. The van der Waals surface area contributed by atoms with Gasteiger partial charge in [-0.25, -0.2) is 0 Å². The molecule has 1 aliphatic heterocycles. The van der Waals surface area contributed by atoms with Gasteiger partial charge >= 0.3 is 0 Å². The molecular formula is C19H28INSi. The summed E-state index contributed by atoms with van der Waals surface area (Å²) < 4.78 is 1.67. The maximum absolute atomic E-state index is 2.64. The number of likely N-dealkylation sites (tertiary alicyclic amines) is 1. The van der Waals surface area contributed by atoms with Gasteiger partial charge in [-0.05, 0) is 20.8 Å². The number of hydrogen-bond donors (Lipinski definition) is 0. The summed E-state index contributed by atoms with van der Waals surface area (Å²) in [6, 6.07) is 10.9. The molecule has 0 amide bonds. The Morgan fingerprint density at radius 1 is 1.27 bits per heavy atom. The van der Waals surface area contributed by atoms with Gasteiger partial charge in [0.05, 0.1) is 8.07 Å². The first-order chi connectivity index (χ1) is 10.4. The zero-order valence-electron chi connectivity index (χ0n) is 14.3. The molecule has 1 aromatic carbocycles. The summed E-state index contributed by atoms with van der Waals surface area (Å²) in [6.07, 6.45) is 5.91. The van der Waals surface area contributed by atoms with Crippen LogP contribution in [0.25, 0.3) is 0 Å². The lowest BCUT2D eigenvalue weighted by atomic mass is 10.0. The normalized spacial score (nSPS) is 22.5. The molecule has 1 heterocycles. The molecule has 1 nitrogen and oxygen atoms in total. The summed E-state index contributed by atoms with van der Waals surface area (Å²) in [5.74, 6) is 0.613. The van der Waals surface area contributed by atoms with Crippen molar-refractivity contribution in [1.82, 2.24) is 4.90 Å². The second-order valence-corrected chi connectivity index (χ2v) is 14.3. The van der Waals surface area contributed by atoms with E-state index in [4.69, 9.17) is 0 Å². The highest BCUT2D eigenvalue weighted by molar-refractivity contribution is 14.1. The molecule has 1 saturated heterocycles. The van der Waals surface area contributed by atoms with E-state index in [2.05, 4.69) is 96.5 Å². The van der Waals surface area contributed by atoms with Gasteiger partial charge in [0.15, 0.2) is 0 Å². The minimum atomic E-state index is -1.22. The molecule has 0 unspecified atom stereocenters. The zero-order valence-corrected chi connectivity index (χ0v) is 17.4. The summed E-state index contributed by atoms with van der Waals surface area (Å²) in [5.41, 5.74) is 3.10. The smallest absolute Gasteiger partial charge is 0.0854 e. The monoisotopic (exact) mass is 425 g/mol. The number of nitrogens with zero attached hydrogens (tertiary/aromatic N) is 1. The van der Waals surface area contributed by atoms with Crippen LogP contribution in [0.1, 0.15) is 18.9 Å². The van der Waals surface area contributed by atoms with Gasteiger partial charge < -0.3 is 0 Å². The third-order valence-corrected chi connectivity index (χ3v) is 11.3. The first-order valence-electron chi connectivity index (χ1n) is 8.23. The van der Waals surface area contributed by atoms with Gasteiger partial charge in [0.25, 0.3) is 0 Å². The average Bonchev–Trinajstić information content (AvgIpc) is 2.87. The van der Waals surface area contributed by atoms with E-state index in [-0.39, 0.29) is 0 Å². The first kappa shape index (κ1) is 18.0. The Kier molecular flexibility index (Phi) is 6.47. The summed E-state index contributed by atoms with van der Waals surface area (Å²) in [5, 5.41) is 0. The van der Waals surface area contributed by atoms with Crippen molar-refractivity contribution in [1.29, 1.82) is 0 Å². The van der Waals surface area contributed by atoms with Gasteiger partial charge in [-0.1, -0.05) is 91.6 Å². The third-order valence-electron chi connectivity index (χ3n) is 4.09.